The van der Waals surface area contributed by atoms with Gasteiger partial charge in [-0.3, -0.25) is 4.79 Å². The van der Waals surface area contributed by atoms with Crippen LogP contribution >= 0.6 is 0 Å². The second kappa shape index (κ2) is 8.13. The first-order valence-corrected chi connectivity index (χ1v) is 10.3. The van der Waals surface area contributed by atoms with Crippen LogP contribution in [-0.2, 0) is 11.3 Å². The maximum absolute atomic E-state index is 12.9. The standard InChI is InChI=1S/C21H23N9O/c1-15-2-4-16(5-3-15)14-29-18(8-11-22-29)23-21(31)17-9-12-28(13-10-17)20-7-6-19-24-26-27-30(19)25-20/h2-8,11,17H,9-10,12-14H2,1H3,(H,23,31). The molecule has 0 saturated carbocycles. The molecule has 1 saturated heterocycles. The van der Waals surface area contributed by atoms with Crippen LogP contribution in [0.25, 0.3) is 5.65 Å². The van der Waals surface area contributed by atoms with Crippen molar-refractivity contribution < 1.29 is 4.79 Å². The highest BCUT2D eigenvalue weighted by molar-refractivity contribution is 5.91. The zero-order valence-electron chi connectivity index (χ0n) is 17.2. The number of rotatable bonds is 5. The van der Waals surface area contributed by atoms with Gasteiger partial charge in [0.2, 0.25) is 5.91 Å². The number of benzene rings is 1. The van der Waals surface area contributed by atoms with Crippen LogP contribution in [0, 0.1) is 12.8 Å². The summed E-state index contributed by atoms with van der Waals surface area (Å²) >= 11 is 0. The van der Waals surface area contributed by atoms with Crippen LogP contribution in [0.4, 0.5) is 11.6 Å². The van der Waals surface area contributed by atoms with Crippen LogP contribution in [0.15, 0.2) is 48.7 Å². The van der Waals surface area contributed by atoms with Crippen LogP contribution in [0.5, 0.6) is 0 Å². The number of aromatic nitrogens is 7. The predicted molar refractivity (Wildman–Crippen MR) is 115 cm³/mol. The Kier molecular flexibility index (Phi) is 5.03. The number of tetrazole rings is 1. The molecule has 0 radical (unpaired) electrons. The van der Waals surface area contributed by atoms with Crippen molar-refractivity contribution in [3.63, 3.8) is 0 Å². The van der Waals surface area contributed by atoms with Crippen LogP contribution in [0.3, 0.4) is 0 Å². The molecule has 0 atom stereocenters. The second-order valence-electron chi connectivity index (χ2n) is 7.83. The molecule has 4 heterocycles. The van der Waals surface area contributed by atoms with E-state index in [1.807, 2.05) is 22.9 Å². The Hall–Kier alpha value is -3.82. The lowest BCUT2D eigenvalue weighted by Gasteiger charge is -2.31. The van der Waals surface area contributed by atoms with Gasteiger partial charge in [-0.15, -0.1) is 14.8 Å². The summed E-state index contributed by atoms with van der Waals surface area (Å²) < 4.78 is 3.24. The van der Waals surface area contributed by atoms with Gasteiger partial charge in [-0.25, -0.2) is 4.68 Å². The van der Waals surface area contributed by atoms with E-state index >= 15 is 0 Å². The van der Waals surface area contributed by atoms with E-state index in [-0.39, 0.29) is 11.8 Å². The van der Waals surface area contributed by atoms with Gasteiger partial charge < -0.3 is 10.2 Å². The van der Waals surface area contributed by atoms with Crippen LogP contribution in [0.2, 0.25) is 0 Å². The summed E-state index contributed by atoms with van der Waals surface area (Å²) in [5, 5.41) is 23.2. The molecule has 3 aromatic heterocycles. The molecule has 1 fully saturated rings. The number of nitrogens with one attached hydrogen (secondary N) is 1. The van der Waals surface area contributed by atoms with Crippen molar-refractivity contribution in [3.05, 3.63) is 59.8 Å². The fourth-order valence-corrected chi connectivity index (χ4v) is 3.84. The van der Waals surface area contributed by atoms with Crippen LogP contribution in [0.1, 0.15) is 24.0 Å². The van der Waals surface area contributed by atoms with E-state index in [0.29, 0.717) is 12.2 Å². The molecule has 1 aliphatic heterocycles. The third-order valence-corrected chi connectivity index (χ3v) is 5.67. The first kappa shape index (κ1) is 19.2. The van der Waals surface area contributed by atoms with E-state index in [4.69, 9.17) is 0 Å². The summed E-state index contributed by atoms with van der Waals surface area (Å²) in [5.74, 6) is 1.53. The van der Waals surface area contributed by atoms with Crippen molar-refractivity contribution in [2.24, 2.45) is 5.92 Å². The Balaban J connectivity index is 1.19. The third-order valence-electron chi connectivity index (χ3n) is 5.67. The lowest BCUT2D eigenvalue weighted by atomic mass is 9.96. The monoisotopic (exact) mass is 417 g/mol. The molecule has 5 rings (SSSR count). The molecule has 4 aromatic rings. The van der Waals surface area contributed by atoms with Crippen molar-refractivity contribution in [2.75, 3.05) is 23.3 Å². The van der Waals surface area contributed by atoms with Gasteiger partial charge >= 0.3 is 0 Å². The molecule has 0 unspecified atom stereocenters. The average Bonchev–Trinajstić information content (AvgIpc) is 3.44. The molecule has 158 valence electrons. The minimum Gasteiger partial charge on any atom is -0.355 e. The molecular weight excluding hydrogens is 394 g/mol. The number of piperidine rings is 1. The molecule has 1 amide bonds. The van der Waals surface area contributed by atoms with E-state index in [1.165, 1.54) is 10.2 Å². The summed E-state index contributed by atoms with van der Waals surface area (Å²) in [6, 6.07) is 13.9. The molecule has 10 heteroatoms. The van der Waals surface area contributed by atoms with E-state index in [2.05, 4.69) is 67.1 Å². The minimum atomic E-state index is -0.0456. The van der Waals surface area contributed by atoms with Gasteiger partial charge in [0.05, 0.1) is 12.7 Å². The zero-order chi connectivity index (χ0) is 21.2. The fourth-order valence-electron chi connectivity index (χ4n) is 3.84. The quantitative estimate of drug-likeness (QED) is 0.529. The van der Waals surface area contributed by atoms with Gasteiger partial charge in [-0.1, -0.05) is 29.8 Å². The number of hydrogen-bond donors (Lipinski definition) is 1. The van der Waals surface area contributed by atoms with E-state index in [1.54, 1.807) is 6.20 Å². The molecule has 31 heavy (non-hydrogen) atoms. The van der Waals surface area contributed by atoms with Gasteiger partial charge in [0.1, 0.15) is 5.82 Å². The number of hydrogen-bond acceptors (Lipinski definition) is 7. The number of amides is 1. The van der Waals surface area contributed by atoms with Crippen LogP contribution < -0.4 is 10.2 Å². The van der Waals surface area contributed by atoms with Crippen molar-refractivity contribution in [3.8, 4) is 0 Å². The average molecular weight is 417 g/mol. The SMILES string of the molecule is Cc1ccc(Cn2nccc2NC(=O)C2CCN(c3ccc4nnnn4n3)CC2)cc1. The van der Waals surface area contributed by atoms with Crippen molar-refractivity contribution in [2.45, 2.75) is 26.3 Å². The summed E-state index contributed by atoms with van der Waals surface area (Å²) in [4.78, 5) is 15.0. The Morgan fingerprint density at radius 3 is 2.71 bits per heavy atom. The minimum absolute atomic E-state index is 0.0363. The van der Waals surface area contributed by atoms with Crippen molar-refractivity contribution in [1.29, 1.82) is 0 Å². The van der Waals surface area contributed by atoms with Gasteiger partial charge in [0.15, 0.2) is 11.5 Å². The third kappa shape index (κ3) is 4.09. The summed E-state index contributed by atoms with van der Waals surface area (Å²) in [5.41, 5.74) is 2.97. The molecule has 0 bridgehead atoms. The zero-order valence-corrected chi connectivity index (χ0v) is 17.2. The molecule has 1 aliphatic rings. The Morgan fingerprint density at radius 2 is 1.90 bits per heavy atom. The smallest absolute Gasteiger partial charge is 0.228 e. The van der Waals surface area contributed by atoms with Crippen molar-refractivity contribution in [1.82, 2.24) is 35.0 Å². The fraction of sp³-hybridized carbons (Fsp3) is 0.333. The predicted octanol–water partition coefficient (Wildman–Crippen LogP) is 1.93. The second-order valence-corrected chi connectivity index (χ2v) is 7.83. The number of nitrogens with zero attached hydrogens (tertiary/aromatic N) is 8. The normalized spacial score (nSPS) is 14.8. The highest BCUT2D eigenvalue weighted by atomic mass is 16.2. The van der Waals surface area contributed by atoms with E-state index in [9.17, 15) is 4.79 Å². The first-order chi connectivity index (χ1) is 15.2. The number of carbonyl (C=O) groups is 1. The Bertz CT molecular complexity index is 1190. The van der Waals surface area contributed by atoms with E-state index in [0.717, 1.165) is 43.1 Å². The molecule has 10 nitrogen and oxygen atoms in total. The van der Waals surface area contributed by atoms with Gasteiger partial charge in [0.25, 0.3) is 0 Å². The Labute approximate surface area is 178 Å². The molecular formula is C21H23N9O. The highest BCUT2D eigenvalue weighted by Gasteiger charge is 2.26. The highest BCUT2D eigenvalue weighted by Crippen LogP contribution is 2.23. The van der Waals surface area contributed by atoms with E-state index < -0.39 is 0 Å². The van der Waals surface area contributed by atoms with Gasteiger partial charge in [0, 0.05) is 25.1 Å². The lowest BCUT2D eigenvalue weighted by Crippen LogP contribution is -2.39. The molecule has 0 spiro atoms. The Morgan fingerprint density at radius 1 is 1.10 bits per heavy atom. The van der Waals surface area contributed by atoms with Gasteiger partial charge in [-0.05, 0) is 47.9 Å². The number of carbonyl (C=O) groups excluding carboxylic acids is 1. The lowest BCUT2D eigenvalue weighted by molar-refractivity contribution is -0.120. The molecule has 1 aromatic carbocycles. The number of anilines is 2. The topological polar surface area (TPSA) is 106 Å². The summed E-state index contributed by atoms with van der Waals surface area (Å²) in [7, 11) is 0. The number of aryl methyl sites for hydroxylation is 1. The molecule has 1 N–H and O–H groups in total. The largest absolute Gasteiger partial charge is 0.355 e. The van der Waals surface area contributed by atoms with Crippen molar-refractivity contribution >= 4 is 23.2 Å². The maximum Gasteiger partial charge on any atom is 0.228 e. The maximum atomic E-state index is 12.9. The number of fused-ring (bicyclic) bond motifs is 1. The first-order valence-electron chi connectivity index (χ1n) is 10.3. The molecule has 0 aliphatic carbocycles. The summed E-state index contributed by atoms with van der Waals surface area (Å²) in [6.45, 7) is 4.18. The van der Waals surface area contributed by atoms with Gasteiger partial charge in [-0.2, -0.15) is 5.10 Å². The van der Waals surface area contributed by atoms with Crippen LogP contribution in [-0.4, -0.2) is 54.0 Å². The summed E-state index contributed by atoms with van der Waals surface area (Å²) in [6.07, 6.45) is 3.23.